The maximum Gasteiger partial charge on any atom is 0.255 e. The van der Waals surface area contributed by atoms with Crippen molar-refractivity contribution in [3.63, 3.8) is 0 Å². The highest BCUT2D eigenvalue weighted by molar-refractivity contribution is 6.05. The summed E-state index contributed by atoms with van der Waals surface area (Å²) in [7, 11) is 0. The molecule has 0 aromatic heterocycles. The number of piperazine rings is 1. The Morgan fingerprint density at radius 2 is 1.90 bits per heavy atom. The Balaban J connectivity index is 1.27. The molecule has 0 bridgehead atoms. The lowest BCUT2D eigenvalue weighted by atomic mass is 9.96. The summed E-state index contributed by atoms with van der Waals surface area (Å²) in [4.78, 5) is 52.1. The molecule has 1 unspecified atom stereocenters. The second-order valence-corrected chi connectivity index (χ2v) is 8.58. The van der Waals surface area contributed by atoms with Crippen LogP contribution in [0.2, 0.25) is 0 Å². The molecule has 3 saturated heterocycles. The molecule has 4 aliphatic rings. The number of nitrogens with zero attached hydrogens (tertiary/aromatic N) is 2. The van der Waals surface area contributed by atoms with Gasteiger partial charge < -0.3 is 15.5 Å². The van der Waals surface area contributed by atoms with Crippen molar-refractivity contribution < 1.29 is 19.2 Å². The molecule has 3 N–H and O–H groups in total. The van der Waals surface area contributed by atoms with Gasteiger partial charge in [-0.15, -0.1) is 0 Å². The molecule has 0 saturated carbocycles. The van der Waals surface area contributed by atoms with Gasteiger partial charge in [0.15, 0.2) is 0 Å². The summed E-state index contributed by atoms with van der Waals surface area (Å²) in [5.41, 5.74) is 2.59. The molecule has 4 heterocycles. The molecule has 0 aliphatic carbocycles. The number of nitrogens with one attached hydrogen (secondary N) is 3. The van der Waals surface area contributed by atoms with E-state index in [2.05, 4.69) is 20.9 Å². The zero-order valence-corrected chi connectivity index (χ0v) is 16.6. The lowest BCUT2D eigenvalue weighted by Gasteiger charge is -2.41. The van der Waals surface area contributed by atoms with E-state index in [1.165, 1.54) is 0 Å². The molecule has 158 valence electrons. The third-order valence-corrected chi connectivity index (χ3v) is 6.57. The van der Waals surface area contributed by atoms with E-state index in [0.717, 1.165) is 30.6 Å². The van der Waals surface area contributed by atoms with E-state index in [4.69, 9.17) is 0 Å². The van der Waals surface area contributed by atoms with E-state index >= 15 is 0 Å². The van der Waals surface area contributed by atoms with Gasteiger partial charge in [-0.05, 0) is 30.0 Å². The van der Waals surface area contributed by atoms with Crippen molar-refractivity contribution in [2.24, 2.45) is 0 Å². The first-order valence-corrected chi connectivity index (χ1v) is 10.5. The second kappa shape index (κ2) is 7.48. The molecule has 1 aromatic carbocycles. The molecule has 5 rings (SSSR count). The van der Waals surface area contributed by atoms with Gasteiger partial charge in [-0.1, -0.05) is 12.1 Å². The normalized spacial score (nSPS) is 29.3. The van der Waals surface area contributed by atoms with Gasteiger partial charge in [-0.2, -0.15) is 0 Å². The predicted molar refractivity (Wildman–Crippen MR) is 106 cm³/mol. The number of hydrogen-bond donors (Lipinski definition) is 3. The number of piperidine rings is 2. The fourth-order valence-corrected chi connectivity index (χ4v) is 4.99. The average Bonchev–Trinajstić information content (AvgIpc) is 3.04. The van der Waals surface area contributed by atoms with Crippen molar-refractivity contribution in [2.45, 2.75) is 50.5 Å². The van der Waals surface area contributed by atoms with Crippen LogP contribution in [0.5, 0.6) is 0 Å². The monoisotopic (exact) mass is 411 g/mol. The number of amides is 4. The number of carbonyl (C=O) groups is 4. The van der Waals surface area contributed by atoms with E-state index in [9.17, 15) is 19.2 Å². The highest BCUT2D eigenvalue weighted by Crippen LogP contribution is 2.29. The Hall–Kier alpha value is -2.78. The van der Waals surface area contributed by atoms with Gasteiger partial charge in [0.2, 0.25) is 17.7 Å². The summed E-state index contributed by atoms with van der Waals surface area (Å²) < 4.78 is 0. The molecule has 0 radical (unpaired) electrons. The molecule has 3 atom stereocenters. The molecule has 3 fully saturated rings. The largest absolute Gasteiger partial charge is 0.349 e. The summed E-state index contributed by atoms with van der Waals surface area (Å²) in [6.45, 7) is 3.19. The Labute approximate surface area is 174 Å². The van der Waals surface area contributed by atoms with Crippen molar-refractivity contribution in [1.29, 1.82) is 0 Å². The quantitative estimate of drug-likeness (QED) is 0.557. The van der Waals surface area contributed by atoms with Crippen molar-refractivity contribution in [3.8, 4) is 0 Å². The summed E-state index contributed by atoms with van der Waals surface area (Å²) in [5.74, 6) is -0.784. The first-order chi connectivity index (χ1) is 14.5. The molecule has 4 amide bonds. The third kappa shape index (κ3) is 3.48. The molecule has 30 heavy (non-hydrogen) atoms. The zero-order chi connectivity index (χ0) is 20.8. The summed E-state index contributed by atoms with van der Waals surface area (Å²) in [5, 5.41) is 8.69. The number of carbonyl (C=O) groups excluding carboxylic acids is 4. The minimum absolute atomic E-state index is 0.0368. The highest BCUT2D eigenvalue weighted by Gasteiger charge is 2.39. The SMILES string of the molecule is O=C1CCC(N2Cc3ccc(CN4CC[C@@H]5NCC(=O)N[C@@H]5C4)cc3C2=O)C(=O)N1. The lowest BCUT2D eigenvalue weighted by molar-refractivity contribution is -0.137. The highest BCUT2D eigenvalue weighted by atomic mass is 16.2. The van der Waals surface area contributed by atoms with Gasteiger partial charge in [0.25, 0.3) is 5.91 Å². The minimum Gasteiger partial charge on any atom is -0.349 e. The Morgan fingerprint density at radius 3 is 2.73 bits per heavy atom. The van der Waals surface area contributed by atoms with Crippen molar-refractivity contribution in [3.05, 3.63) is 34.9 Å². The maximum atomic E-state index is 13.0. The van der Waals surface area contributed by atoms with Gasteiger partial charge in [-0.3, -0.25) is 29.4 Å². The number of likely N-dealkylation sites (tertiary alicyclic amines) is 1. The van der Waals surface area contributed by atoms with E-state index in [1.807, 2.05) is 18.2 Å². The zero-order valence-electron chi connectivity index (χ0n) is 16.6. The number of rotatable bonds is 3. The third-order valence-electron chi connectivity index (χ3n) is 6.57. The van der Waals surface area contributed by atoms with E-state index in [-0.39, 0.29) is 30.2 Å². The Morgan fingerprint density at radius 1 is 1.03 bits per heavy atom. The topological polar surface area (TPSA) is 111 Å². The smallest absolute Gasteiger partial charge is 0.255 e. The molecule has 9 heteroatoms. The van der Waals surface area contributed by atoms with Crippen molar-refractivity contribution in [1.82, 2.24) is 25.8 Å². The van der Waals surface area contributed by atoms with Crippen LogP contribution >= 0.6 is 0 Å². The van der Waals surface area contributed by atoms with Crippen LogP contribution in [0.4, 0.5) is 0 Å². The first-order valence-electron chi connectivity index (χ1n) is 10.5. The van der Waals surface area contributed by atoms with Crippen molar-refractivity contribution >= 4 is 23.6 Å². The van der Waals surface area contributed by atoms with Gasteiger partial charge >= 0.3 is 0 Å². The molecule has 9 nitrogen and oxygen atoms in total. The molecular formula is C21H25N5O4. The van der Waals surface area contributed by atoms with Gasteiger partial charge in [0, 0.05) is 44.2 Å². The van der Waals surface area contributed by atoms with Crippen LogP contribution in [0.3, 0.4) is 0 Å². The van der Waals surface area contributed by atoms with Crippen LogP contribution in [-0.2, 0) is 27.5 Å². The number of fused-ring (bicyclic) bond motifs is 2. The van der Waals surface area contributed by atoms with Gasteiger partial charge in [0.1, 0.15) is 6.04 Å². The summed E-state index contributed by atoms with van der Waals surface area (Å²) >= 11 is 0. The molecular weight excluding hydrogens is 386 g/mol. The van der Waals surface area contributed by atoms with Crippen molar-refractivity contribution in [2.75, 3.05) is 19.6 Å². The van der Waals surface area contributed by atoms with Crippen LogP contribution in [0, 0.1) is 0 Å². The summed E-state index contributed by atoms with van der Waals surface area (Å²) in [6, 6.07) is 5.76. The van der Waals surface area contributed by atoms with Crippen LogP contribution < -0.4 is 16.0 Å². The van der Waals surface area contributed by atoms with E-state index in [0.29, 0.717) is 37.7 Å². The Kier molecular flexibility index (Phi) is 4.79. The van der Waals surface area contributed by atoms with Gasteiger partial charge in [0.05, 0.1) is 12.6 Å². The Bertz CT molecular complexity index is 932. The fourth-order valence-electron chi connectivity index (χ4n) is 4.99. The minimum atomic E-state index is -0.590. The average molecular weight is 411 g/mol. The molecule has 0 spiro atoms. The molecule has 4 aliphatic heterocycles. The number of benzene rings is 1. The van der Waals surface area contributed by atoms with E-state index in [1.54, 1.807) is 4.90 Å². The number of hydrogen-bond acceptors (Lipinski definition) is 6. The lowest BCUT2D eigenvalue weighted by Crippen LogP contribution is -2.65. The van der Waals surface area contributed by atoms with Crippen LogP contribution in [-0.4, -0.2) is 71.2 Å². The summed E-state index contributed by atoms with van der Waals surface area (Å²) in [6.07, 6.45) is 1.59. The van der Waals surface area contributed by atoms with Crippen LogP contribution in [0.1, 0.15) is 40.7 Å². The van der Waals surface area contributed by atoms with Gasteiger partial charge in [-0.25, -0.2) is 0 Å². The molecule has 1 aromatic rings. The first kappa shape index (κ1) is 19.2. The second-order valence-electron chi connectivity index (χ2n) is 8.58. The fraction of sp³-hybridized carbons (Fsp3) is 0.524. The standard InChI is InChI=1S/C21H25N5O4/c27-18-4-3-17(20(29)24-18)26-10-13-2-1-12(7-14(13)21(26)30)9-25-6-5-15-16(11-25)23-19(28)8-22-15/h1-2,7,15-17,22H,3-6,8-11H2,(H,23,28)(H,24,27,29)/t15-,16+,17?/m0/s1. The van der Waals surface area contributed by atoms with Crippen LogP contribution in [0.15, 0.2) is 18.2 Å². The van der Waals surface area contributed by atoms with Crippen LogP contribution in [0.25, 0.3) is 0 Å². The predicted octanol–water partition coefficient (Wildman–Crippen LogP) is -0.890. The number of imide groups is 1. The van der Waals surface area contributed by atoms with E-state index < -0.39 is 11.9 Å². The maximum absolute atomic E-state index is 13.0.